The predicted octanol–water partition coefficient (Wildman–Crippen LogP) is 2.82. The third kappa shape index (κ3) is 5.75. The van der Waals surface area contributed by atoms with Gasteiger partial charge in [0.1, 0.15) is 5.69 Å². The lowest BCUT2D eigenvalue weighted by molar-refractivity contribution is -0.384. The lowest BCUT2D eigenvalue weighted by Gasteiger charge is -2.20. The van der Waals surface area contributed by atoms with E-state index in [1.807, 2.05) is 6.07 Å². The van der Waals surface area contributed by atoms with Crippen molar-refractivity contribution in [1.82, 2.24) is 4.72 Å². The SMILES string of the molecule is CC(C)(C)NS(=O)(=O)c1ccc(NC[C@H](O)c2ccccc2)c([N+](=O)[O-])c1. The van der Waals surface area contributed by atoms with Gasteiger partial charge in [-0.2, -0.15) is 0 Å². The standard InChI is InChI=1S/C18H23N3O5S/c1-18(2,3)20-27(25,26)14-9-10-15(16(11-14)21(23)24)19-12-17(22)13-7-5-4-6-8-13/h4-11,17,19-20,22H,12H2,1-3H3/t17-/m0/s1. The summed E-state index contributed by atoms with van der Waals surface area (Å²) in [6.45, 7) is 5.08. The van der Waals surface area contributed by atoms with Crippen molar-refractivity contribution in [2.24, 2.45) is 0 Å². The monoisotopic (exact) mass is 393 g/mol. The normalized spacial score (nSPS) is 13.2. The highest BCUT2D eigenvalue weighted by Crippen LogP contribution is 2.28. The van der Waals surface area contributed by atoms with E-state index in [1.165, 1.54) is 12.1 Å². The molecule has 1 atom stereocenters. The summed E-state index contributed by atoms with van der Waals surface area (Å²) >= 11 is 0. The van der Waals surface area contributed by atoms with Crippen LogP contribution in [0.3, 0.4) is 0 Å². The number of hydrogen-bond donors (Lipinski definition) is 3. The second kappa shape index (κ2) is 8.03. The van der Waals surface area contributed by atoms with Crippen molar-refractivity contribution in [3.63, 3.8) is 0 Å². The Morgan fingerprint density at radius 3 is 2.33 bits per heavy atom. The summed E-state index contributed by atoms with van der Waals surface area (Å²) in [5.41, 5.74) is -0.303. The van der Waals surface area contributed by atoms with Crippen molar-refractivity contribution in [2.45, 2.75) is 37.3 Å². The van der Waals surface area contributed by atoms with Crippen LogP contribution in [0.1, 0.15) is 32.4 Å². The molecule has 0 aliphatic heterocycles. The molecule has 0 fully saturated rings. The van der Waals surface area contributed by atoms with E-state index in [4.69, 9.17) is 0 Å². The molecule has 0 bridgehead atoms. The van der Waals surface area contributed by atoms with Crippen LogP contribution in [0.25, 0.3) is 0 Å². The zero-order chi connectivity index (χ0) is 20.2. The Bertz CT molecular complexity index is 908. The minimum absolute atomic E-state index is 0.0389. The fraction of sp³-hybridized carbons (Fsp3) is 0.333. The van der Waals surface area contributed by atoms with E-state index >= 15 is 0 Å². The predicted molar refractivity (Wildman–Crippen MR) is 103 cm³/mol. The molecule has 8 nitrogen and oxygen atoms in total. The molecule has 2 aromatic rings. The van der Waals surface area contributed by atoms with Crippen LogP contribution in [-0.4, -0.2) is 30.5 Å². The second-order valence-electron chi connectivity index (χ2n) is 7.10. The Kier molecular flexibility index (Phi) is 6.19. The van der Waals surface area contributed by atoms with Gasteiger partial charge in [-0.1, -0.05) is 30.3 Å². The Morgan fingerprint density at radius 1 is 1.15 bits per heavy atom. The van der Waals surface area contributed by atoms with E-state index in [1.54, 1.807) is 45.0 Å². The highest BCUT2D eigenvalue weighted by molar-refractivity contribution is 7.89. The summed E-state index contributed by atoms with van der Waals surface area (Å²) in [6.07, 6.45) is -0.864. The van der Waals surface area contributed by atoms with Gasteiger partial charge >= 0.3 is 0 Å². The van der Waals surface area contributed by atoms with Gasteiger partial charge in [-0.25, -0.2) is 13.1 Å². The van der Waals surface area contributed by atoms with Gasteiger partial charge in [0.05, 0.1) is 15.9 Å². The number of nitrogens with zero attached hydrogens (tertiary/aromatic N) is 1. The first-order valence-electron chi connectivity index (χ1n) is 8.29. The number of aliphatic hydroxyl groups excluding tert-OH is 1. The van der Waals surface area contributed by atoms with Gasteiger partial charge < -0.3 is 10.4 Å². The van der Waals surface area contributed by atoms with Crippen LogP contribution in [-0.2, 0) is 10.0 Å². The molecule has 0 saturated carbocycles. The molecule has 0 aliphatic rings. The molecule has 27 heavy (non-hydrogen) atoms. The molecule has 0 spiro atoms. The molecule has 3 N–H and O–H groups in total. The average Bonchev–Trinajstić information content (AvgIpc) is 2.58. The van der Waals surface area contributed by atoms with Crippen LogP contribution in [0.15, 0.2) is 53.4 Å². The van der Waals surface area contributed by atoms with Crippen molar-refractivity contribution in [1.29, 1.82) is 0 Å². The Balaban J connectivity index is 2.24. The molecule has 9 heteroatoms. The van der Waals surface area contributed by atoms with Crippen molar-refractivity contribution in [3.05, 3.63) is 64.2 Å². The van der Waals surface area contributed by atoms with Crippen LogP contribution in [0.2, 0.25) is 0 Å². The minimum atomic E-state index is -3.90. The number of nitro groups is 1. The fourth-order valence-corrected chi connectivity index (χ4v) is 3.88. The lowest BCUT2D eigenvalue weighted by Crippen LogP contribution is -2.40. The van der Waals surface area contributed by atoms with E-state index in [-0.39, 0.29) is 22.8 Å². The molecule has 0 saturated heterocycles. The number of nitro benzene ring substituents is 1. The van der Waals surface area contributed by atoms with E-state index in [0.717, 1.165) is 6.07 Å². The largest absolute Gasteiger partial charge is 0.387 e. The van der Waals surface area contributed by atoms with Crippen LogP contribution < -0.4 is 10.0 Å². The zero-order valence-electron chi connectivity index (χ0n) is 15.3. The third-order valence-corrected chi connectivity index (χ3v) is 5.34. The number of nitrogens with one attached hydrogen (secondary N) is 2. The van der Waals surface area contributed by atoms with Crippen LogP contribution in [0.5, 0.6) is 0 Å². The summed E-state index contributed by atoms with van der Waals surface area (Å²) in [6, 6.07) is 12.5. The first-order chi connectivity index (χ1) is 12.5. The van der Waals surface area contributed by atoms with Crippen molar-refractivity contribution in [3.8, 4) is 0 Å². The fourth-order valence-electron chi connectivity index (χ4n) is 2.44. The Morgan fingerprint density at radius 2 is 1.78 bits per heavy atom. The lowest BCUT2D eigenvalue weighted by atomic mass is 10.1. The highest BCUT2D eigenvalue weighted by Gasteiger charge is 2.25. The smallest absolute Gasteiger partial charge is 0.293 e. The van der Waals surface area contributed by atoms with E-state index in [9.17, 15) is 23.6 Å². The number of aliphatic hydroxyl groups is 1. The maximum atomic E-state index is 12.4. The topological polar surface area (TPSA) is 122 Å². The highest BCUT2D eigenvalue weighted by atomic mass is 32.2. The molecule has 0 aromatic heterocycles. The number of sulfonamides is 1. The van der Waals surface area contributed by atoms with Crippen molar-refractivity contribution in [2.75, 3.05) is 11.9 Å². The Labute approximate surface area is 158 Å². The molecule has 146 valence electrons. The minimum Gasteiger partial charge on any atom is -0.387 e. The molecular formula is C18H23N3O5S. The summed E-state index contributed by atoms with van der Waals surface area (Å²) in [4.78, 5) is 10.5. The molecule has 0 amide bonds. The van der Waals surface area contributed by atoms with Gasteiger partial charge in [0.25, 0.3) is 5.69 Å². The zero-order valence-corrected chi connectivity index (χ0v) is 16.2. The van der Waals surface area contributed by atoms with Crippen molar-refractivity contribution >= 4 is 21.4 Å². The first-order valence-corrected chi connectivity index (χ1v) is 9.77. The van der Waals surface area contributed by atoms with Crippen LogP contribution in [0, 0.1) is 10.1 Å². The van der Waals surface area contributed by atoms with Gasteiger partial charge in [0, 0.05) is 18.2 Å². The van der Waals surface area contributed by atoms with E-state index in [0.29, 0.717) is 5.56 Å². The summed E-state index contributed by atoms with van der Waals surface area (Å²) in [5, 5.41) is 24.4. The average molecular weight is 393 g/mol. The summed E-state index contributed by atoms with van der Waals surface area (Å²) in [5.74, 6) is 0. The van der Waals surface area contributed by atoms with Gasteiger partial charge in [-0.05, 0) is 38.5 Å². The molecule has 0 unspecified atom stereocenters. The maximum Gasteiger partial charge on any atom is 0.293 e. The van der Waals surface area contributed by atoms with Gasteiger partial charge in [-0.15, -0.1) is 0 Å². The molecule has 2 aromatic carbocycles. The number of benzene rings is 2. The van der Waals surface area contributed by atoms with E-state index < -0.39 is 26.6 Å². The summed E-state index contributed by atoms with van der Waals surface area (Å²) < 4.78 is 27.2. The number of rotatable bonds is 7. The molecule has 2 rings (SSSR count). The maximum absolute atomic E-state index is 12.4. The number of hydrogen-bond acceptors (Lipinski definition) is 6. The van der Waals surface area contributed by atoms with Gasteiger partial charge in [-0.3, -0.25) is 10.1 Å². The van der Waals surface area contributed by atoms with Gasteiger partial charge in [0.2, 0.25) is 10.0 Å². The first kappa shape index (κ1) is 20.8. The Hall–Kier alpha value is -2.49. The van der Waals surface area contributed by atoms with Gasteiger partial charge in [0.15, 0.2) is 0 Å². The second-order valence-corrected chi connectivity index (χ2v) is 8.78. The number of anilines is 1. The van der Waals surface area contributed by atoms with Crippen LogP contribution in [0.4, 0.5) is 11.4 Å². The third-order valence-electron chi connectivity index (χ3n) is 3.59. The van der Waals surface area contributed by atoms with Crippen molar-refractivity contribution < 1.29 is 18.4 Å². The van der Waals surface area contributed by atoms with E-state index in [2.05, 4.69) is 10.0 Å². The molecule has 0 aliphatic carbocycles. The molecule has 0 radical (unpaired) electrons. The molecule has 0 heterocycles. The summed E-state index contributed by atoms with van der Waals surface area (Å²) in [7, 11) is -3.90. The molecular weight excluding hydrogens is 370 g/mol. The quantitative estimate of drug-likeness (QED) is 0.491. The van der Waals surface area contributed by atoms with Crippen LogP contribution >= 0.6 is 0 Å².